The number of aromatic nitrogens is 2. The number of nitrogens with zero attached hydrogens (tertiary/aromatic N) is 3. The minimum atomic E-state index is -0.257. The van der Waals surface area contributed by atoms with Crippen LogP contribution < -0.4 is 10.6 Å². The predicted octanol–water partition coefficient (Wildman–Crippen LogP) is 4.70. The van der Waals surface area contributed by atoms with Crippen molar-refractivity contribution in [2.75, 3.05) is 20.2 Å². The van der Waals surface area contributed by atoms with E-state index in [0.717, 1.165) is 19.0 Å². The van der Waals surface area contributed by atoms with E-state index < -0.39 is 0 Å². The molecule has 0 fully saturated rings. The maximum Gasteiger partial charge on any atom is 0.191 e. The molecule has 2 N–H and O–H groups in total. The zero-order chi connectivity index (χ0) is 22.1. The summed E-state index contributed by atoms with van der Waals surface area (Å²) in [4.78, 5) is 8.91. The van der Waals surface area contributed by atoms with E-state index in [2.05, 4.69) is 89.5 Å². The van der Waals surface area contributed by atoms with E-state index in [4.69, 9.17) is 9.73 Å². The Balaban J connectivity index is 0.00000363. The molecule has 172 valence electrons. The van der Waals surface area contributed by atoms with Crippen LogP contribution >= 0.6 is 24.0 Å². The first-order chi connectivity index (χ1) is 15.0. The van der Waals surface area contributed by atoms with Crippen LogP contribution in [0.2, 0.25) is 0 Å². The standard InChI is InChI=1S/C25H33N5O.HI/c1-5-27-24(29-18-25(2,3)31-4)28-16-22-8-6-7-9-23(22)21-12-10-20(11-13-21)17-30-15-14-26-19-30;/h6-15,19H,5,16-18H2,1-4H3,(H2,27,28,29);1H. The van der Waals surface area contributed by atoms with Crippen molar-refractivity contribution in [3.05, 3.63) is 78.4 Å². The molecule has 1 heterocycles. The smallest absolute Gasteiger partial charge is 0.191 e. The Morgan fingerprint density at radius 2 is 1.84 bits per heavy atom. The van der Waals surface area contributed by atoms with Crippen molar-refractivity contribution in [1.29, 1.82) is 0 Å². The molecule has 0 atom stereocenters. The molecule has 0 saturated carbocycles. The Labute approximate surface area is 208 Å². The summed E-state index contributed by atoms with van der Waals surface area (Å²) >= 11 is 0. The Morgan fingerprint density at radius 3 is 2.50 bits per heavy atom. The van der Waals surface area contributed by atoms with E-state index in [1.165, 1.54) is 22.3 Å². The van der Waals surface area contributed by atoms with Crippen molar-refractivity contribution < 1.29 is 4.74 Å². The SMILES string of the molecule is CCNC(=NCc1ccccc1-c1ccc(Cn2ccnc2)cc1)NCC(C)(C)OC.I. The number of halogens is 1. The summed E-state index contributed by atoms with van der Waals surface area (Å²) < 4.78 is 7.57. The second kappa shape index (κ2) is 12.6. The van der Waals surface area contributed by atoms with Crippen LogP contribution in [0.1, 0.15) is 31.9 Å². The van der Waals surface area contributed by atoms with Gasteiger partial charge in [0.2, 0.25) is 0 Å². The third-order valence-corrected chi connectivity index (χ3v) is 5.19. The van der Waals surface area contributed by atoms with Gasteiger partial charge >= 0.3 is 0 Å². The molecule has 7 heteroatoms. The maximum atomic E-state index is 5.50. The van der Waals surface area contributed by atoms with Gasteiger partial charge in [0.15, 0.2) is 5.96 Å². The highest BCUT2D eigenvalue weighted by atomic mass is 127. The number of hydrogen-bond donors (Lipinski definition) is 2. The molecule has 0 spiro atoms. The second-order valence-electron chi connectivity index (χ2n) is 8.10. The van der Waals surface area contributed by atoms with Crippen LogP contribution in [0.4, 0.5) is 0 Å². The Bertz CT molecular complexity index is 968. The molecule has 3 rings (SSSR count). The molecular formula is C25H34IN5O. The minimum absolute atomic E-state index is 0. The van der Waals surface area contributed by atoms with Gasteiger partial charge in [-0.1, -0.05) is 48.5 Å². The van der Waals surface area contributed by atoms with Gasteiger partial charge in [0.25, 0.3) is 0 Å². The van der Waals surface area contributed by atoms with Gasteiger partial charge in [-0.3, -0.25) is 0 Å². The quantitative estimate of drug-likeness (QED) is 0.232. The molecule has 1 aromatic heterocycles. The molecule has 2 aromatic carbocycles. The molecule has 0 saturated heterocycles. The lowest BCUT2D eigenvalue weighted by molar-refractivity contribution is 0.0268. The number of rotatable bonds is 9. The summed E-state index contributed by atoms with van der Waals surface area (Å²) in [6, 6.07) is 17.1. The van der Waals surface area contributed by atoms with Crippen LogP contribution in [-0.2, 0) is 17.8 Å². The first-order valence-corrected chi connectivity index (χ1v) is 10.7. The van der Waals surface area contributed by atoms with Crippen molar-refractivity contribution in [3.8, 4) is 11.1 Å². The van der Waals surface area contributed by atoms with Crippen LogP contribution in [0.3, 0.4) is 0 Å². The van der Waals surface area contributed by atoms with Crippen molar-refractivity contribution >= 4 is 29.9 Å². The number of methoxy groups -OCH3 is 1. The number of guanidine groups is 1. The summed E-state index contributed by atoms with van der Waals surface area (Å²) in [6.45, 7) is 9.06. The van der Waals surface area contributed by atoms with E-state index in [1.807, 2.05) is 12.5 Å². The zero-order valence-corrected chi connectivity index (χ0v) is 21.7. The molecule has 0 aliphatic carbocycles. The molecule has 0 unspecified atom stereocenters. The van der Waals surface area contributed by atoms with Gasteiger partial charge in [0.05, 0.1) is 18.5 Å². The van der Waals surface area contributed by atoms with E-state index in [1.54, 1.807) is 13.3 Å². The van der Waals surface area contributed by atoms with Gasteiger partial charge in [-0.15, -0.1) is 24.0 Å². The summed E-state index contributed by atoms with van der Waals surface area (Å²) in [7, 11) is 1.72. The van der Waals surface area contributed by atoms with E-state index in [-0.39, 0.29) is 29.6 Å². The van der Waals surface area contributed by atoms with Crippen LogP contribution in [0.5, 0.6) is 0 Å². The third kappa shape index (κ3) is 7.63. The lowest BCUT2D eigenvalue weighted by atomic mass is 9.98. The molecule has 32 heavy (non-hydrogen) atoms. The fraction of sp³-hybridized carbons (Fsp3) is 0.360. The molecule has 0 aliphatic rings. The summed E-state index contributed by atoms with van der Waals surface area (Å²) in [5.41, 5.74) is 4.57. The Kier molecular flexibility index (Phi) is 10.2. The average molecular weight is 547 g/mol. The van der Waals surface area contributed by atoms with E-state index in [0.29, 0.717) is 13.1 Å². The molecule has 0 bridgehead atoms. The zero-order valence-electron chi connectivity index (χ0n) is 19.3. The molecule has 0 radical (unpaired) electrons. The second-order valence-corrected chi connectivity index (χ2v) is 8.10. The molecule has 6 nitrogen and oxygen atoms in total. The summed E-state index contributed by atoms with van der Waals surface area (Å²) in [5, 5.41) is 6.69. The molecule has 0 amide bonds. The van der Waals surface area contributed by atoms with Crippen molar-refractivity contribution in [1.82, 2.24) is 20.2 Å². The van der Waals surface area contributed by atoms with Crippen molar-refractivity contribution in [2.45, 2.75) is 39.5 Å². The fourth-order valence-corrected chi connectivity index (χ4v) is 3.20. The van der Waals surface area contributed by atoms with Crippen LogP contribution in [-0.4, -0.2) is 41.3 Å². The first-order valence-electron chi connectivity index (χ1n) is 10.7. The van der Waals surface area contributed by atoms with Crippen LogP contribution in [0, 0.1) is 0 Å². The highest BCUT2D eigenvalue weighted by Gasteiger charge is 2.16. The number of hydrogen-bond acceptors (Lipinski definition) is 3. The normalized spacial score (nSPS) is 11.7. The lowest BCUT2D eigenvalue weighted by Crippen LogP contribution is -2.45. The molecule has 0 aliphatic heterocycles. The Hall–Kier alpha value is -2.39. The minimum Gasteiger partial charge on any atom is -0.377 e. The van der Waals surface area contributed by atoms with Crippen molar-refractivity contribution in [2.24, 2.45) is 4.99 Å². The highest BCUT2D eigenvalue weighted by molar-refractivity contribution is 14.0. The summed E-state index contributed by atoms with van der Waals surface area (Å²) in [5.74, 6) is 0.790. The number of nitrogens with one attached hydrogen (secondary N) is 2. The van der Waals surface area contributed by atoms with Crippen LogP contribution in [0.25, 0.3) is 11.1 Å². The number of imidazole rings is 1. The number of ether oxygens (including phenoxy) is 1. The summed E-state index contributed by atoms with van der Waals surface area (Å²) in [6.07, 6.45) is 5.62. The first kappa shape index (κ1) is 25.9. The van der Waals surface area contributed by atoms with E-state index in [9.17, 15) is 0 Å². The van der Waals surface area contributed by atoms with Gasteiger partial charge in [0.1, 0.15) is 0 Å². The van der Waals surface area contributed by atoms with Gasteiger partial charge in [0, 0.05) is 39.1 Å². The molecule has 3 aromatic rings. The highest BCUT2D eigenvalue weighted by Crippen LogP contribution is 2.25. The average Bonchev–Trinajstić information content (AvgIpc) is 3.29. The topological polar surface area (TPSA) is 63.5 Å². The lowest BCUT2D eigenvalue weighted by Gasteiger charge is -2.24. The monoisotopic (exact) mass is 547 g/mol. The van der Waals surface area contributed by atoms with Crippen molar-refractivity contribution in [3.63, 3.8) is 0 Å². The fourth-order valence-electron chi connectivity index (χ4n) is 3.20. The third-order valence-electron chi connectivity index (χ3n) is 5.19. The molecular weight excluding hydrogens is 513 g/mol. The van der Waals surface area contributed by atoms with Gasteiger partial charge in [-0.05, 0) is 43.0 Å². The van der Waals surface area contributed by atoms with E-state index >= 15 is 0 Å². The van der Waals surface area contributed by atoms with Crippen LogP contribution in [0.15, 0.2) is 72.2 Å². The number of benzene rings is 2. The number of aliphatic imine (C=N–C) groups is 1. The predicted molar refractivity (Wildman–Crippen MR) is 143 cm³/mol. The van der Waals surface area contributed by atoms with Gasteiger partial charge in [-0.25, -0.2) is 9.98 Å². The van der Waals surface area contributed by atoms with Gasteiger partial charge in [-0.2, -0.15) is 0 Å². The Morgan fingerprint density at radius 1 is 1.09 bits per heavy atom. The largest absolute Gasteiger partial charge is 0.377 e. The maximum absolute atomic E-state index is 5.50. The van der Waals surface area contributed by atoms with Gasteiger partial charge < -0.3 is 19.9 Å².